The molecule has 1 aliphatic heterocycles. The van der Waals surface area contributed by atoms with Crippen molar-refractivity contribution in [2.45, 2.75) is 17.7 Å². The second-order valence-corrected chi connectivity index (χ2v) is 8.13. The van der Waals surface area contributed by atoms with Crippen LogP contribution in [-0.4, -0.2) is 40.3 Å². The molecule has 0 saturated carbocycles. The maximum atomic E-state index is 12.9. The van der Waals surface area contributed by atoms with Crippen molar-refractivity contribution in [3.8, 4) is 0 Å². The van der Waals surface area contributed by atoms with E-state index in [1.807, 2.05) is 24.3 Å². The number of methoxy groups -OCH3 is 1. The summed E-state index contributed by atoms with van der Waals surface area (Å²) in [6, 6.07) is 14.1. The first-order chi connectivity index (χ1) is 12.0. The van der Waals surface area contributed by atoms with E-state index in [2.05, 4.69) is 0 Å². The molecule has 25 heavy (non-hydrogen) atoms. The first kappa shape index (κ1) is 17.6. The molecule has 2 aromatic rings. The van der Waals surface area contributed by atoms with Gasteiger partial charge < -0.3 is 9.64 Å². The maximum Gasteiger partial charge on any atom is 0.258 e. The molecular weight excluding hydrogens is 338 g/mol. The fraction of sp³-hybridized carbons (Fsp3) is 0.316. The SMILES string of the molecule is COCCS(=O)(=O)c1ccc(C(=O)N2CCCc3ccccc32)cc1. The van der Waals surface area contributed by atoms with Crippen LogP contribution < -0.4 is 4.90 Å². The summed E-state index contributed by atoms with van der Waals surface area (Å²) in [4.78, 5) is 14.8. The topological polar surface area (TPSA) is 63.7 Å². The van der Waals surface area contributed by atoms with Gasteiger partial charge in [-0.05, 0) is 48.7 Å². The number of fused-ring (bicyclic) bond motifs is 1. The number of ether oxygens (including phenoxy) is 1. The fourth-order valence-electron chi connectivity index (χ4n) is 3.02. The van der Waals surface area contributed by atoms with E-state index in [0.29, 0.717) is 12.1 Å². The van der Waals surface area contributed by atoms with Gasteiger partial charge in [-0.3, -0.25) is 4.79 Å². The Balaban J connectivity index is 1.83. The summed E-state index contributed by atoms with van der Waals surface area (Å²) in [5, 5.41) is 0. The lowest BCUT2D eigenvalue weighted by Crippen LogP contribution is -2.35. The molecule has 0 atom stereocenters. The molecule has 0 bridgehead atoms. The van der Waals surface area contributed by atoms with Crippen LogP contribution in [0.5, 0.6) is 0 Å². The van der Waals surface area contributed by atoms with E-state index < -0.39 is 9.84 Å². The fourth-order valence-corrected chi connectivity index (χ4v) is 4.19. The van der Waals surface area contributed by atoms with Crippen molar-refractivity contribution in [2.75, 3.05) is 30.9 Å². The van der Waals surface area contributed by atoms with Crippen LogP contribution in [0.4, 0.5) is 5.69 Å². The Hall–Kier alpha value is -2.18. The quantitative estimate of drug-likeness (QED) is 0.823. The number of para-hydroxylation sites is 1. The van der Waals surface area contributed by atoms with E-state index in [-0.39, 0.29) is 23.2 Å². The molecule has 132 valence electrons. The Bertz CT molecular complexity index is 859. The number of aryl methyl sites for hydroxylation is 1. The average molecular weight is 359 g/mol. The molecule has 0 fully saturated rings. The van der Waals surface area contributed by atoms with Crippen LogP contribution in [0.25, 0.3) is 0 Å². The minimum absolute atomic E-state index is 0.0731. The molecule has 0 aromatic heterocycles. The van der Waals surface area contributed by atoms with E-state index in [9.17, 15) is 13.2 Å². The van der Waals surface area contributed by atoms with Gasteiger partial charge >= 0.3 is 0 Å². The van der Waals surface area contributed by atoms with Crippen LogP contribution in [0.3, 0.4) is 0 Å². The summed E-state index contributed by atoms with van der Waals surface area (Å²) >= 11 is 0. The van der Waals surface area contributed by atoms with E-state index in [1.54, 1.807) is 17.0 Å². The second-order valence-electron chi connectivity index (χ2n) is 6.03. The van der Waals surface area contributed by atoms with Crippen molar-refractivity contribution in [1.29, 1.82) is 0 Å². The predicted molar refractivity (Wildman–Crippen MR) is 96.8 cm³/mol. The Morgan fingerprint density at radius 2 is 1.84 bits per heavy atom. The third kappa shape index (κ3) is 3.75. The van der Waals surface area contributed by atoms with Crippen LogP contribution in [0.15, 0.2) is 53.4 Å². The smallest absolute Gasteiger partial charge is 0.258 e. The lowest BCUT2D eigenvalue weighted by Gasteiger charge is -2.29. The Labute approximate surface area is 148 Å². The average Bonchev–Trinajstić information content (AvgIpc) is 2.65. The highest BCUT2D eigenvalue weighted by molar-refractivity contribution is 7.91. The Kier molecular flexibility index (Phi) is 5.20. The number of benzene rings is 2. The van der Waals surface area contributed by atoms with Gasteiger partial charge in [0.25, 0.3) is 5.91 Å². The van der Waals surface area contributed by atoms with Crippen LogP contribution >= 0.6 is 0 Å². The van der Waals surface area contributed by atoms with Crippen molar-refractivity contribution in [3.63, 3.8) is 0 Å². The number of hydrogen-bond donors (Lipinski definition) is 0. The zero-order valence-corrected chi connectivity index (χ0v) is 15.0. The second kappa shape index (κ2) is 7.37. The van der Waals surface area contributed by atoms with Crippen molar-refractivity contribution >= 4 is 21.4 Å². The molecule has 1 heterocycles. The summed E-state index contributed by atoms with van der Waals surface area (Å²) < 4.78 is 29.2. The third-order valence-electron chi connectivity index (χ3n) is 4.37. The minimum Gasteiger partial charge on any atom is -0.384 e. The van der Waals surface area contributed by atoms with Gasteiger partial charge in [0.15, 0.2) is 9.84 Å². The van der Waals surface area contributed by atoms with E-state index in [1.165, 1.54) is 24.8 Å². The zero-order valence-electron chi connectivity index (χ0n) is 14.1. The zero-order chi connectivity index (χ0) is 17.9. The lowest BCUT2D eigenvalue weighted by molar-refractivity contribution is 0.0985. The molecule has 0 N–H and O–H groups in total. The number of amides is 1. The van der Waals surface area contributed by atoms with Crippen LogP contribution in [-0.2, 0) is 21.0 Å². The van der Waals surface area contributed by atoms with Crippen LogP contribution in [0.1, 0.15) is 22.3 Å². The van der Waals surface area contributed by atoms with Gasteiger partial charge in [0, 0.05) is 24.9 Å². The van der Waals surface area contributed by atoms with Gasteiger partial charge in [-0.15, -0.1) is 0 Å². The van der Waals surface area contributed by atoms with Crippen LogP contribution in [0, 0.1) is 0 Å². The number of anilines is 1. The molecule has 3 rings (SSSR count). The van der Waals surface area contributed by atoms with Gasteiger partial charge in [0.2, 0.25) is 0 Å². The summed E-state index contributed by atoms with van der Waals surface area (Å²) in [5.41, 5.74) is 2.60. The van der Waals surface area contributed by atoms with E-state index in [4.69, 9.17) is 4.74 Å². The van der Waals surface area contributed by atoms with Crippen molar-refractivity contribution in [2.24, 2.45) is 0 Å². The van der Waals surface area contributed by atoms with Gasteiger partial charge in [-0.25, -0.2) is 8.42 Å². The number of carbonyl (C=O) groups excluding carboxylic acids is 1. The van der Waals surface area contributed by atoms with Crippen molar-refractivity contribution in [3.05, 3.63) is 59.7 Å². The molecule has 0 spiro atoms. The number of hydrogen-bond acceptors (Lipinski definition) is 4. The standard InChI is InChI=1S/C19H21NO4S/c1-24-13-14-25(22,23)17-10-8-16(9-11-17)19(21)20-12-4-6-15-5-2-3-7-18(15)20/h2-3,5,7-11H,4,6,12-14H2,1H3. The first-order valence-electron chi connectivity index (χ1n) is 8.24. The largest absolute Gasteiger partial charge is 0.384 e. The summed E-state index contributed by atoms with van der Waals surface area (Å²) in [5.74, 6) is -0.177. The minimum atomic E-state index is -3.39. The Morgan fingerprint density at radius 1 is 1.12 bits per heavy atom. The van der Waals surface area contributed by atoms with Crippen molar-refractivity contribution < 1.29 is 17.9 Å². The van der Waals surface area contributed by atoms with Gasteiger partial charge in [-0.1, -0.05) is 18.2 Å². The molecule has 0 radical (unpaired) electrons. The van der Waals surface area contributed by atoms with Crippen LogP contribution in [0.2, 0.25) is 0 Å². The molecule has 0 unspecified atom stereocenters. The highest BCUT2D eigenvalue weighted by Crippen LogP contribution is 2.28. The molecule has 6 heteroatoms. The third-order valence-corrected chi connectivity index (χ3v) is 6.07. The number of carbonyl (C=O) groups is 1. The molecule has 2 aromatic carbocycles. The first-order valence-corrected chi connectivity index (χ1v) is 9.90. The molecule has 5 nitrogen and oxygen atoms in total. The normalized spacial score (nSPS) is 14.2. The highest BCUT2D eigenvalue weighted by Gasteiger charge is 2.23. The van der Waals surface area contributed by atoms with Gasteiger partial charge in [-0.2, -0.15) is 0 Å². The van der Waals surface area contributed by atoms with E-state index >= 15 is 0 Å². The highest BCUT2D eigenvalue weighted by atomic mass is 32.2. The summed E-state index contributed by atoms with van der Waals surface area (Å²) in [7, 11) is -1.92. The van der Waals surface area contributed by atoms with E-state index in [0.717, 1.165) is 18.5 Å². The predicted octanol–water partition coefficient (Wildman–Crippen LogP) is 2.70. The number of rotatable bonds is 5. The molecule has 0 aliphatic carbocycles. The monoisotopic (exact) mass is 359 g/mol. The maximum absolute atomic E-state index is 12.9. The number of nitrogens with zero attached hydrogens (tertiary/aromatic N) is 1. The summed E-state index contributed by atoms with van der Waals surface area (Å²) in [6.07, 6.45) is 1.89. The molecule has 1 amide bonds. The van der Waals surface area contributed by atoms with Gasteiger partial charge in [0.1, 0.15) is 0 Å². The number of sulfone groups is 1. The molecule has 0 saturated heterocycles. The molecular formula is C19H21NO4S. The van der Waals surface area contributed by atoms with Crippen molar-refractivity contribution in [1.82, 2.24) is 0 Å². The Morgan fingerprint density at radius 3 is 2.56 bits per heavy atom. The molecule has 1 aliphatic rings. The lowest BCUT2D eigenvalue weighted by atomic mass is 10.0. The van der Waals surface area contributed by atoms with Gasteiger partial charge in [0.05, 0.1) is 17.3 Å². The summed E-state index contributed by atoms with van der Waals surface area (Å²) in [6.45, 7) is 0.817.